The van der Waals surface area contributed by atoms with Crippen LogP contribution in [0.3, 0.4) is 0 Å². The quantitative estimate of drug-likeness (QED) is 0.815. The number of fused-ring (bicyclic) bond motifs is 1. The van der Waals surface area contributed by atoms with E-state index in [2.05, 4.69) is 10.1 Å². The molecule has 26 heavy (non-hydrogen) atoms. The number of hydrogen-bond acceptors (Lipinski definition) is 5. The number of anilines is 1. The number of aromatic nitrogens is 2. The van der Waals surface area contributed by atoms with E-state index in [4.69, 9.17) is 0 Å². The van der Waals surface area contributed by atoms with Gasteiger partial charge < -0.3 is 0 Å². The molecule has 1 aromatic carbocycles. The Kier molecular flexibility index (Phi) is 5.27. The molecule has 6 nitrogen and oxygen atoms in total. The lowest BCUT2D eigenvalue weighted by molar-refractivity contribution is -0.118. The molecule has 0 unspecified atom stereocenters. The minimum absolute atomic E-state index is 0.0304. The number of carbonyl (C=O) groups is 2. The number of carbonyl (C=O) groups excluding carboxylic acids is 2. The topological polar surface area (TPSA) is 67.6 Å². The summed E-state index contributed by atoms with van der Waals surface area (Å²) < 4.78 is 1.64. The third-order valence-corrected chi connectivity index (χ3v) is 5.25. The fourth-order valence-electron chi connectivity index (χ4n) is 2.71. The van der Waals surface area contributed by atoms with Gasteiger partial charge in [-0.05, 0) is 18.7 Å². The highest BCUT2D eigenvalue weighted by Crippen LogP contribution is 2.39. The number of rotatable bonds is 4. The van der Waals surface area contributed by atoms with Gasteiger partial charge in [-0.3, -0.25) is 14.2 Å². The molecule has 0 N–H and O–H groups in total. The average molecular weight is 370 g/mol. The number of hydrogen-bond donors (Lipinski definition) is 0. The second-order valence-electron chi connectivity index (χ2n) is 6.03. The predicted octanol–water partition coefficient (Wildman–Crippen LogP) is 4.01. The van der Waals surface area contributed by atoms with Crippen LogP contribution in [0.4, 0.5) is 5.82 Å². The molecule has 0 fully saturated rings. The maximum absolute atomic E-state index is 12.5. The number of amides is 1. The summed E-state index contributed by atoms with van der Waals surface area (Å²) >= 11 is 1.39. The monoisotopic (exact) mass is 370 g/mol. The lowest BCUT2D eigenvalue weighted by atomic mass is 10.2. The zero-order valence-electron chi connectivity index (χ0n) is 15.4. The normalized spacial score (nSPS) is 13.4. The standard InChI is InChI=1S/C19H22N4O2S/c1-5-14-20-17-19(22(14)15(24)6-2)26-18(21-23(17)16(25)7-3)13-10-8-12(4)9-11-13/h8-11H,5-7H2,1-4H3. The van der Waals surface area contributed by atoms with Crippen molar-refractivity contribution in [3.63, 3.8) is 0 Å². The molecule has 2 heterocycles. The first-order chi connectivity index (χ1) is 12.5. The number of thioether (sulfide) groups is 1. The summed E-state index contributed by atoms with van der Waals surface area (Å²) in [6.45, 7) is 7.59. The van der Waals surface area contributed by atoms with Crippen LogP contribution in [-0.4, -0.2) is 26.4 Å². The summed E-state index contributed by atoms with van der Waals surface area (Å²) in [4.78, 5) is 29.6. The Bertz CT molecular complexity index is 884. The van der Waals surface area contributed by atoms with E-state index in [9.17, 15) is 9.59 Å². The number of nitrogens with zero attached hydrogens (tertiary/aromatic N) is 4. The van der Waals surface area contributed by atoms with E-state index in [-0.39, 0.29) is 11.8 Å². The van der Waals surface area contributed by atoms with Gasteiger partial charge in [0.1, 0.15) is 15.9 Å². The van der Waals surface area contributed by atoms with Gasteiger partial charge in [-0.2, -0.15) is 10.1 Å². The summed E-state index contributed by atoms with van der Waals surface area (Å²) in [6.07, 6.45) is 1.28. The van der Waals surface area contributed by atoms with Crippen LogP contribution in [0.2, 0.25) is 0 Å². The molecular formula is C19H22N4O2S. The maximum Gasteiger partial charge on any atom is 0.248 e. The van der Waals surface area contributed by atoms with Gasteiger partial charge in [0, 0.05) is 24.8 Å². The molecule has 2 aromatic rings. The number of aryl methyl sites for hydroxylation is 2. The van der Waals surface area contributed by atoms with E-state index in [1.165, 1.54) is 16.8 Å². The molecule has 0 saturated carbocycles. The Morgan fingerprint density at radius 2 is 1.69 bits per heavy atom. The fourth-order valence-corrected chi connectivity index (χ4v) is 3.79. The van der Waals surface area contributed by atoms with Gasteiger partial charge in [0.2, 0.25) is 11.8 Å². The molecule has 136 valence electrons. The minimum Gasteiger partial charge on any atom is -0.274 e. The Hall–Kier alpha value is -2.41. The van der Waals surface area contributed by atoms with Gasteiger partial charge in [-0.25, -0.2) is 4.98 Å². The largest absolute Gasteiger partial charge is 0.274 e. The second-order valence-corrected chi connectivity index (χ2v) is 7.00. The van der Waals surface area contributed by atoms with E-state index in [1.807, 2.05) is 45.0 Å². The van der Waals surface area contributed by atoms with Crippen LogP contribution in [0, 0.1) is 6.92 Å². The molecule has 0 aliphatic carbocycles. The number of benzene rings is 1. The van der Waals surface area contributed by atoms with E-state index >= 15 is 0 Å². The van der Waals surface area contributed by atoms with Crippen molar-refractivity contribution in [3.05, 3.63) is 41.2 Å². The third kappa shape index (κ3) is 3.19. The molecule has 3 rings (SSSR count). The van der Waals surface area contributed by atoms with Crippen LogP contribution in [0.5, 0.6) is 0 Å². The maximum atomic E-state index is 12.5. The summed E-state index contributed by atoms with van der Waals surface area (Å²) in [5.74, 6) is 0.935. The molecule has 0 saturated heterocycles. The van der Waals surface area contributed by atoms with E-state index in [0.717, 1.165) is 11.1 Å². The zero-order chi connectivity index (χ0) is 18.8. The highest BCUT2D eigenvalue weighted by atomic mass is 32.2. The highest BCUT2D eigenvalue weighted by Gasteiger charge is 2.32. The fraction of sp³-hybridized carbons (Fsp3) is 0.368. The van der Waals surface area contributed by atoms with Gasteiger partial charge in [-0.1, -0.05) is 50.6 Å². The molecule has 0 radical (unpaired) electrons. The number of hydrazone groups is 1. The summed E-state index contributed by atoms with van der Waals surface area (Å²) in [5, 5.41) is 7.25. The van der Waals surface area contributed by atoms with Gasteiger partial charge >= 0.3 is 0 Å². The van der Waals surface area contributed by atoms with Crippen molar-refractivity contribution in [3.8, 4) is 0 Å². The Balaban J connectivity index is 2.16. The van der Waals surface area contributed by atoms with Crippen molar-refractivity contribution in [1.82, 2.24) is 9.55 Å². The lowest BCUT2D eigenvalue weighted by Crippen LogP contribution is -2.29. The van der Waals surface area contributed by atoms with Crippen LogP contribution >= 0.6 is 11.8 Å². The zero-order valence-corrected chi connectivity index (χ0v) is 16.3. The van der Waals surface area contributed by atoms with Gasteiger partial charge in [-0.15, -0.1) is 0 Å². The molecule has 7 heteroatoms. The van der Waals surface area contributed by atoms with Crippen LogP contribution in [0.1, 0.15) is 55.4 Å². The first-order valence-electron chi connectivity index (χ1n) is 8.81. The first kappa shape index (κ1) is 18.4. The van der Waals surface area contributed by atoms with Crippen LogP contribution in [0.15, 0.2) is 34.4 Å². The molecule has 0 spiro atoms. The molecule has 1 aromatic heterocycles. The first-order valence-corrected chi connectivity index (χ1v) is 9.63. The SMILES string of the molecule is CCC(=O)N1N=C(c2ccc(C)cc2)Sc2c1nc(CC)n2C(=O)CC. The van der Waals surface area contributed by atoms with Crippen LogP contribution in [-0.2, 0) is 11.2 Å². The number of imidazole rings is 1. The molecule has 1 aliphatic rings. The van der Waals surface area contributed by atoms with Gasteiger partial charge in [0.25, 0.3) is 0 Å². The molecular weight excluding hydrogens is 348 g/mol. The van der Waals surface area contributed by atoms with Crippen molar-refractivity contribution in [2.45, 2.75) is 52.0 Å². The predicted molar refractivity (Wildman–Crippen MR) is 104 cm³/mol. The lowest BCUT2D eigenvalue weighted by Gasteiger charge is -2.22. The van der Waals surface area contributed by atoms with E-state index in [0.29, 0.717) is 41.0 Å². The Morgan fingerprint density at radius 3 is 2.27 bits per heavy atom. The van der Waals surface area contributed by atoms with Crippen molar-refractivity contribution < 1.29 is 9.59 Å². The van der Waals surface area contributed by atoms with Crippen LogP contribution < -0.4 is 5.01 Å². The molecule has 1 amide bonds. The van der Waals surface area contributed by atoms with Crippen molar-refractivity contribution in [1.29, 1.82) is 0 Å². The molecule has 0 bridgehead atoms. The summed E-state index contributed by atoms with van der Waals surface area (Å²) in [7, 11) is 0. The van der Waals surface area contributed by atoms with Crippen molar-refractivity contribution in [2.24, 2.45) is 5.10 Å². The van der Waals surface area contributed by atoms with E-state index < -0.39 is 0 Å². The van der Waals surface area contributed by atoms with Gasteiger partial charge in [0.05, 0.1) is 0 Å². The summed E-state index contributed by atoms with van der Waals surface area (Å²) in [6, 6.07) is 7.96. The minimum atomic E-state index is -0.146. The van der Waals surface area contributed by atoms with Gasteiger partial charge in [0.15, 0.2) is 5.82 Å². The third-order valence-electron chi connectivity index (χ3n) is 4.18. The van der Waals surface area contributed by atoms with Crippen molar-refractivity contribution >= 4 is 34.4 Å². The second kappa shape index (κ2) is 7.45. The highest BCUT2D eigenvalue weighted by molar-refractivity contribution is 8.14. The summed E-state index contributed by atoms with van der Waals surface area (Å²) in [5.41, 5.74) is 2.06. The van der Waals surface area contributed by atoms with E-state index in [1.54, 1.807) is 11.5 Å². The van der Waals surface area contributed by atoms with Crippen LogP contribution in [0.25, 0.3) is 0 Å². The molecule has 1 aliphatic heterocycles. The van der Waals surface area contributed by atoms with Crippen molar-refractivity contribution in [2.75, 3.05) is 5.01 Å². The smallest absolute Gasteiger partial charge is 0.248 e. The average Bonchev–Trinajstić information content (AvgIpc) is 3.05. The Morgan fingerprint density at radius 1 is 1.04 bits per heavy atom. The molecule has 0 atom stereocenters. The Labute approximate surface area is 157 Å².